The van der Waals surface area contributed by atoms with Crippen LogP contribution in [0.1, 0.15) is 22.7 Å². The van der Waals surface area contributed by atoms with Gasteiger partial charge in [0.25, 0.3) is 0 Å². The number of nitrogens with two attached hydrogens (primary N) is 1. The van der Waals surface area contributed by atoms with E-state index in [4.69, 9.17) is 10.8 Å². The Hall–Kier alpha value is -1.73. The number of fused-ring (bicyclic) bond motifs is 1. The summed E-state index contributed by atoms with van der Waals surface area (Å²) in [5.41, 5.74) is 5.16. The van der Waals surface area contributed by atoms with Gasteiger partial charge < -0.3 is 15.4 Å². The summed E-state index contributed by atoms with van der Waals surface area (Å²) in [7, 11) is 0. The van der Waals surface area contributed by atoms with Gasteiger partial charge in [0.15, 0.2) is 11.5 Å². The Morgan fingerprint density at radius 3 is 2.71 bits per heavy atom. The zero-order valence-corrected chi connectivity index (χ0v) is 8.66. The molecule has 1 aromatic rings. The molecule has 2 heterocycles. The van der Waals surface area contributed by atoms with E-state index >= 15 is 0 Å². The minimum Gasteiger partial charge on any atom is -0.476 e. The third kappa shape index (κ3) is 1.94. The molecule has 1 aliphatic rings. The van der Waals surface area contributed by atoms with E-state index in [1.807, 2.05) is 0 Å². The number of halogens is 3. The Labute approximate surface area is 94.0 Å². The van der Waals surface area contributed by atoms with Gasteiger partial charge in [-0.25, -0.2) is 9.78 Å². The smallest absolute Gasteiger partial charge is 0.392 e. The minimum absolute atomic E-state index is 0.0225. The van der Waals surface area contributed by atoms with Crippen LogP contribution >= 0.6 is 0 Å². The molecule has 3 N–H and O–H groups in total. The minimum atomic E-state index is -4.28. The number of aromatic carboxylic acids is 1. The summed E-state index contributed by atoms with van der Waals surface area (Å²) < 4.78 is 38.8. The largest absolute Gasteiger partial charge is 0.476 e. The number of hydrogen-bond acceptors (Lipinski definition) is 3. The van der Waals surface area contributed by atoms with E-state index in [1.165, 1.54) is 4.57 Å². The van der Waals surface area contributed by atoms with Crippen LogP contribution in [0.2, 0.25) is 0 Å². The first-order valence-corrected chi connectivity index (χ1v) is 4.95. The van der Waals surface area contributed by atoms with Crippen LogP contribution < -0.4 is 5.73 Å². The van der Waals surface area contributed by atoms with E-state index in [2.05, 4.69) is 4.98 Å². The highest BCUT2D eigenvalue weighted by atomic mass is 19.4. The number of hydrogen-bond donors (Lipinski definition) is 2. The summed E-state index contributed by atoms with van der Waals surface area (Å²) >= 11 is 0. The first kappa shape index (κ1) is 11.7. The van der Waals surface area contributed by atoms with Gasteiger partial charge in [-0.1, -0.05) is 0 Å². The van der Waals surface area contributed by atoms with Crippen LogP contribution in [0.4, 0.5) is 19.0 Å². The normalized spacial score (nSPS) is 20.1. The highest BCUT2D eigenvalue weighted by Gasteiger charge is 2.42. The summed E-state index contributed by atoms with van der Waals surface area (Å²) in [4.78, 5) is 14.6. The van der Waals surface area contributed by atoms with Gasteiger partial charge in [-0.2, -0.15) is 13.2 Å². The van der Waals surface area contributed by atoms with Crippen molar-refractivity contribution in [2.45, 2.75) is 25.6 Å². The summed E-state index contributed by atoms with van der Waals surface area (Å²) in [6, 6.07) is 0. The Morgan fingerprint density at radius 2 is 2.18 bits per heavy atom. The molecule has 8 heteroatoms. The van der Waals surface area contributed by atoms with E-state index in [0.717, 1.165) is 0 Å². The van der Waals surface area contributed by atoms with Crippen molar-refractivity contribution in [2.24, 2.45) is 5.92 Å². The van der Waals surface area contributed by atoms with E-state index in [9.17, 15) is 18.0 Å². The van der Waals surface area contributed by atoms with Crippen LogP contribution in [-0.2, 0) is 13.0 Å². The second-order valence-electron chi connectivity index (χ2n) is 3.95. The first-order chi connectivity index (χ1) is 7.80. The molecule has 94 valence electrons. The quantitative estimate of drug-likeness (QED) is 0.785. The summed E-state index contributed by atoms with van der Waals surface area (Å²) in [6.45, 7) is -0.0225. The fourth-order valence-electron chi connectivity index (χ4n) is 2.03. The second kappa shape index (κ2) is 3.64. The van der Waals surface area contributed by atoms with Crippen LogP contribution in [0, 0.1) is 5.92 Å². The Kier molecular flexibility index (Phi) is 2.52. The number of anilines is 1. The zero-order chi connectivity index (χ0) is 12.8. The Morgan fingerprint density at radius 1 is 1.53 bits per heavy atom. The maximum atomic E-state index is 12.5. The molecule has 0 amide bonds. The van der Waals surface area contributed by atoms with Crippen molar-refractivity contribution in [2.75, 3.05) is 5.73 Å². The molecule has 0 saturated carbocycles. The molecule has 0 aliphatic carbocycles. The predicted octanol–water partition coefficient (Wildman–Crippen LogP) is 1.29. The average Bonchev–Trinajstić information content (AvgIpc) is 2.50. The van der Waals surface area contributed by atoms with Gasteiger partial charge in [-0.05, 0) is 6.42 Å². The molecule has 0 fully saturated rings. The lowest BCUT2D eigenvalue weighted by Gasteiger charge is -2.25. The average molecular weight is 249 g/mol. The van der Waals surface area contributed by atoms with Gasteiger partial charge in [0.1, 0.15) is 5.82 Å². The number of alkyl halides is 3. The molecule has 1 atom stereocenters. The van der Waals surface area contributed by atoms with E-state index < -0.39 is 18.1 Å². The van der Waals surface area contributed by atoms with E-state index in [-0.39, 0.29) is 36.7 Å². The maximum absolute atomic E-state index is 12.5. The highest BCUT2D eigenvalue weighted by molar-refractivity contribution is 5.91. The van der Waals surface area contributed by atoms with Gasteiger partial charge in [0, 0.05) is 13.0 Å². The van der Waals surface area contributed by atoms with Crippen molar-refractivity contribution in [3.8, 4) is 0 Å². The molecule has 1 aliphatic heterocycles. The first-order valence-electron chi connectivity index (χ1n) is 4.95. The lowest BCUT2D eigenvalue weighted by atomic mass is 9.97. The Balaban J connectivity index is 2.35. The van der Waals surface area contributed by atoms with E-state index in [0.29, 0.717) is 0 Å². The van der Waals surface area contributed by atoms with Gasteiger partial charge in [-0.3, -0.25) is 0 Å². The number of nitrogen functional groups attached to an aromatic ring is 1. The number of carboxylic acid groups (broad SMARTS) is 1. The third-order valence-corrected chi connectivity index (χ3v) is 2.87. The lowest BCUT2D eigenvalue weighted by Crippen LogP contribution is -2.32. The monoisotopic (exact) mass is 249 g/mol. The van der Waals surface area contributed by atoms with E-state index in [1.54, 1.807) is 0 Å². The predicted molar refractivity (Wildman–Crippen MR) is 51.5 cm³/mol. The van der Waals surface area contributed by atoms with Crippen LogP contribution in [-0.4, -0.2) is 26.8 Å². The molecule has 5 nitrogen and oxygen atoms in total. The summed E-state index contributed by atoms with van der Waals surface area (Å²) in [6.07, 6.45) is -4.75. The van der Waals surface area contributed by atoms with Crippen molar-refractivity contribution >= 4 is 11.8 Å². The number of rotatable bonds is 1. The second-order valence-corrected chi connectivity index (χ2v) is 3.95. The SMILES string of the molecule is Nc1nc2n(c1C(=O)O)CCC(C(F)(F)F)C2. The molecule has 0 aromatic carbocycles. The number of carbonyl (C=O) groups is 1. The molecule has 0 spiro atoms. The molecule has 1 aromatic heterocycles. The molecule has 17 heavy (non-hydrogen) atoms. The van der Waals surface area contributed by atoms with Gasteiger partial charge in [-0.15, -0.1) is 0 Å². The fourth-order valence-corrected chi connectivity index (χ4v) is 2.03. The van der Waals surface area contributed by atoms with Crippen molar-refractivity contribution in [1.82, 2.24) is 9.55 Å². The molecular weight excluding hydrogens is 239 g/mol. The summed E-state index contributed by atoms with van der Waals surface area (Å²) in [5.74, 6) is -2.88. The van der Waals surface area contributed by atoms with Gasteiger partial charge >= 0.3 is 12.1 Å². The molecule has 0 radical (unpaired) electrons. The molecular formula is C9H10F3N3O2. The Bertz CT molecular complexity index is 467. The molecule has 1 unspecified atom stereocenters. The zero-order valence-electron chi connectivity index (χ0n) is 8.66. The number of imidazole rings is 1. The van der Waals surface area contributed by atoms with Gasteiger partial charge in [0.2, 0.25) is 0 Å². The van der Waals surface area contributed by atoms with Crippen LogP contribution in [0.3, 0.4) is 0 Å². The number of aromatic nitrogens is 2. The van der Waals surface area contributed by atoms with Crippen molar-refractivity contribution < 1.29 is 23.1 Å². The third-order valence-electron chi connectivity index (χ3n) is 2.87. The molecule has 2 rings (SSSR count). The lowest BCUT2D eigenvalue weighted by molar-refractivity contribution is -0.179. The topological polar surface area (TPSA) is 81.1 Å². The van der Waals surface area contributed by atoms with Crippen molar-refractivity contribution in [3.63, 3.8) is 0 Å². The standard InChI is InChI=1S/C9H10F3N3O2/c10-9(11,12)4-1-2-15-5(3-4)14-7(13)6(15)8(16)17/h4H,1-3,13H2,(H,16,17). The van der Waals surface area contributed by atoms with Crippen LogP contribution in [0.15, 0.2) is 0 Å². The highest BCUT2D eigenvalue weighted by Crippen LogP contribution is 2.35. The maximum Gasteiger partial charge on any atom is 0.392 e. The molecule has 0 saturated heterocycles. The van der Waals surface area contributed by atoms with Crippen LogP contribution in [0.25, 0.3) is 0 Å². The van der Waals surface area contributed by atoms with Crippen LogP contribution in [0.5, 0.6) is 0 Å². The summed E-state index contributed by atoms with van der Waals surface area (Å²) in [5, 5.41) is 8.87. The van der Waals surface area contributed by atoms with Crippen molar-refractivity contribution in [1.29, 1.82) is 0 Å². The fraction of sp³-hybridized carbons (Fsp3) is 0.556. The molecule has 0 bridgehead atoms. The van der Waals surface area contributed by atoms with Crippen molar-refractivity contribution in [3.05, 3.63) is 11.5 Å². The van der Waals surface area contributed by atoms with Gasteiger partial charge in [0.05, 0.1) is 5.92 Å². The number of carboxylic acids is 1. The number of nitrogens with zero attached hydrogens (tertiary/aromatic N) is 2.